The fourth-order valence-corrected chi connectivity index (χ4v) is 2.44. The van der Waals surface area contributed by atoms with E-state index in [9.17, 15) is 0 Å². The maximum atomic E-state index is 5.03. The van der Waals surface area contributed by atoms with E-state index in [1.165, 1.54) is 0 Å². The Hall–Kier alpha value is -1.31. The molecule has 0 aliphatic heterocycles. The first-order valence-electron chi connectivity index (χ1n) is 6.40. The molecule has 1 N–H and O–H groups in total. The third-order valence-corrected chi connectivity index (χ3v) is 3.52. The first kappa shape index (κ1) is 15.1. The number of methoxy groups -OCH3 is 1. The molecule has 108 valence electrons. The summed E-state index contributed by atoms with van der Waals surface area (Å²) in [6.07, 6.45) is 0. The van der Waals surface area contributed by atoms with Gasteiger partial charge in [-0.2, -0.15) is 4.68 Å². The smallest absolute Gasteiger partial charge is 0.173 e. The standard InChI is InChI=1S/C13H18BrN5O/c1-9-8-11(14)4-5-12(9)19-13(16-17-18-19)10(2)15-6-7-20-3/h4-5,8,10,15H,6-7H2,1-3H3. The summed E-state index contributed by atoms with van der Waals surface area (Å²) in [7, 11) is 1.68. The van der Waals surface area contributed by atoms with Gasteiger partial charge in [-0.3, -0.25) is 0 Å². The minimum absolute atomic E-state index is 0.0446. The molecular weight excluding hydrogens is 322 g/mol. The third kappa shape index (κ3) is 3.41. The molecule has 6 nitrogen and oxygen atoms in total. The zero-order valence-corrected chi connectivity index (χ0v) is 13.4. The van der Waals surface area contributed by atoms with Crippen molar-refractivity contribution in [2.75, 3.05) is 20.3 Å². The molecule has 1 unspecified atom stereocenters. The Balaban J connectivity index is 2.23. The van der Waals surface area contributed by atoms with Crippen LogP contribution in [-0.4, -0.2) is 40.5 Å². The highest BCUT2D eigenvalue weighted by Gasteiger charge is 2.16. The first-order chi connectivity index (χ1) is 9.63. The Bertz CT molecular complexity index is 572. The van der Waals surface area contributed by atoms with Crippen LogP contribution in [0.25, 0.3) is 5.69 Å². The molecule has 0 aliphatic rings. The summed E-state index contributed by atoms with van der Waals surface area (Å²) in [4.78, 5) is 0. The van der Waals surface area contributed by atoms with E-state index in [0.717, 1.165) is 28.1 Å². The van der Waals surface area contributed by atoms with Gasteiger partial charge in [0.25, 0.3) is 0 Å². The predicted molar refractivity (Wildman–Crippen MR) is 79.9 cm³/mol. The van der Waals surface area contributed by atoms with Gasteiger partial charge >= 0.3 is 0 Å². The van der Waals surface area contributed by atoms with Crippen molar-refractivity contribution >= 4 is 15.9 Å². The van der Waals surface area contributed by atoms with Gasteiger partial charge in [-0.25, -0.2) is 0 Å². The molecule has 7 heteroatoms. The van der Waals surface area contributed by atoms with E-state index in [2.05, 4.69) is 36.8 Å². The van der Waals surface area contributed by atoms with Crippen molar-refractivity contribution in [3.8, 4) is 5.69 Å². The minimum Gasteiger partial charge on any atom is -0.383 e. The second kappa shape index (κ2) is 6.92. The number of aryl methyl sites for hydroxylation is 1. The lowest BCUT2D eigenvalue weighted by Gasteiger charge is -2.14. The van der Waals surface area contributed by atoms with Crippen LogP contribution < -0.4 is 5.32 Å². The molecule has 1 heterocycles. The first-order valence-corrected chi connectivity index (χ1v) is 7.20. The average molecular weight is 340 g/mol. The molecule has 0 saturated carbocycles. The maximum Gasteiger partial charge on any atom is 0.173 e. The zero-order valence-electron chi connectivity index (χ0n) is 11.8. The number of halogens is 1. The van der Waals surface area contributed by atoms with Gasteiger partial charge in [0.1, 0.15) is 0 Å². The maximum absolute atomic E-state index is 5.03. The summed E-state index contributed by atoms with van der Waals surface area (Å²) in [5.41, 5.74) is 2.09. The molecule has 2 rings (SSSR count). The van der Waals surface area contributed by atoms with Crippen LogP contribution in [0.15, 0.2) is 22.7 Å². The van der Waals surface area contributed by atoms with E-state index in [1.807, 2.05) is 32.0 Å². The van der Waals surface area contributed by atoms with E-state index in [-0.39, 0.29) is 6.04 Å². The van der Waals surface area contributed by atoms with Crippen LogP contribution in [0.1, 0.15) is 24.4 Å². The Morgan fingerprint density at radius 3 is 2.95 bits per heavy atom. The summed E-state index contributed by atoms with van der Waals surface area (Å²) < 4.78 is 7.84. The molecule has 0 radical (unpaired) electrons. The number of nitrogens with one attached hydrogen (secondary N) is 1. The van der Waals surface area contributed by atoms with Crippen molar-refractivity contribution in [1.82, 2.24) is 25.5 Å². The normalized spacial score (nSPS) is 12.6. The molecule has 1 aromatic heterocycles. The van der Waals surface area contributed by atoms with Gasteiger partial charge in [0.05, 0.1) is 18.3 Å². The fraction of sp³-hybridized carbons (Fsp3) is 0.462. The molecule has 0 fully saturated rings. The van der Waals surface area contributed by atoms with Gasteiger partial charge in [-0.1, -0.05) is 15.9 Å². The van der Waals surface area contributed by atoms with Crippen molar-refractivity contribution in [3.05, 3.63) is 34.1 Å². The highest BCUT2D eigenvalue weighted by molar-refractivity contribution is 9.10. The van der Waals surface area contributed by atoms with Crippen LogP contribution in [0, 0.1) is 6.92 Å². The molecule has 20 heavy (non-hydrogen) atoms. The minimum atomic E-state index is 0.0446. The molecule has 1 aromatic carbocycles. The number of benzene rings is 1. The van der Waals surface area contributed by atoms with E-state index in [1.54, 1.807) is 11.8 Å². The third-order valence-electron chi connectivity index (χ3n) is 3.02. The van der Waals surface area contributed by atoms with Crippen LogP contribution in [0.5, 0.6) is 0 Å². The van der Waals surface area contributed by atoms with Crippen molar-refractivity contribution in [1.29, 1.82) is 0 Å². The summed E-state index contributed by atoms with van der Waals surface area (Å²) >= 11 is 3.46. The van der Waals surface area contributed by atoms with Crippen LogP contribution in [-0.2, 0) is 4.74 Å². The number of hydrogen-bond donors (Lipinski definition) is 1. The molecule has 0 bridgehead atoms. The second-order valence-corrected chi connectivity index (χ2v) is 5.46. The van der Waals surface area contributed by atoms with Crippen LogP contribution in [0.3, 0.4) is 0 Å². The molecule has 0 aliphatic carbocycles. The van der Waals surface area contributed by atoms with Gasteiger partial charge in [-0.15, -0.1) is 5.10 Å². The van der Waals surface area contributed by atoms with Gasteiger partial charge in [0, 0.05) is 18.1 Å². The van der Waals surface area contributed by atoms with E-state index in [0.29, 0.717) is 6.61 Å². The number of hydrogen-bond acceptors (Lipinski definition) is 5. The van der Waals surface area contributed by atoms with Crippen molar-refractivity contribution in [2.45, 2.75) is 19.9 Å². The largest absolute Gasteiger partial charge is 0.383 e. The van der Waals surface area contributed by atoms with Gasteiger partial charge < -0.3 is 10.1 Å². The molecule has 0 amide bonds. The number of tetrazole rings is 1. The van der Waals surface area contributed by atoms with E-state index in [4.69, 9.17) is 4.74 Å². The topological polar surface area (TPSA) is 64.9 Å². The summed E-state index contributed by atoms with van der Waals surface area (Å²) in [5.74, 6) is 0.784. The van der Waals surface area contributed by atoms with Crippen LogP contribution in [0.2, 0.25) is 0 Å². The Morgan fingerprint density at radius 1 is 1.45 bits per heavy atom. The summed E-state index contributed by atoms with van der Waals surface area (Å²) in [5, 5.41) is 15.3. The Morgan fingerprint density at radius 2 is 2.25 bits per heavy atom. The van der Waals surface area contributed by atoms with E-state index >= 15 is 0 Å². The lowest BCUT2D eigenvalue weighted by molar-refractivity contribution is 0.196. The van der Waals surface area contributed by atoms with E-state index < -0.39 is 0 Å². The Kier molecular flexibility index (Phi) is 5.22. The molecular formula is C13H18BrN5O. The van der Waals surface area contributed by atoms with Crippen molar-refractivity contribution in [2.24, 2.45) is 0 Å². The zero-order chi connectivity index (χ0) is 14.5. The summed E-state index contributed by atoms with van der Waals surface area (Å²) in [6, 6.07) is 6.07. The van der Waals surface area contributed by atoms with Crippen LogP contribution >= 0.6 is 15.9 Å². The Labute approximate surface area is 126 Å². The molecule has 1 atom stereocenters. The monoisotopic (exact) mass is 339 g/mol. The summed E-state index contributed by atoms with van der Waals surface area (Å²) in [6.45, 7) is 5.48. The fourth-order valence-electron chi connectivity index (χ4n) is 1.96. The number of aromatic nitrogens is 4. The molecule has 2 aromatic rings. The number of ether oxygens (including phenoxy) is 1. The SMILES string of the molecule is COCCNC(C)c1nnnn1-c1ccc(Br)cc1C. The highest BCUT2D eigenvalue weighted by atomic mass is 79.9. The molecule has 0 spiro atoms. The van der Waals surface area contributed by atoms with Gasteiger partial charge in [0.15, 0.2) is 5.82 Å². The second-order valence-electron chi connectivity index (χ2n) is 4.55. The number of rotatable bonds is 6. The van der Waals surface area contributed by atoms with Crippen molar-refractivity contribution < 1.29 is 4.74 Å². The highest BCUT2D eigenvalue weighted by Crippen LogP contribution is 2.21. The van der Waals surface area contributed by atoms with Crippen LogP contribution in [0.4, 0.5) is 0 Å². The predicted octanol–water partition coefficient (Wildman–Crippen LogP) is 2.03. The van der Waals surface area contributed by atoms with Gasteiger partial charge in [0.2, 0.25) is 0 Å². The quantitative estimate of drug-likeness (QED) is 0.815. The lowest BCUT2D eigenvalue weighted by Crippen LogP contribution is -2.25. The molecule has 0 saturated heterocycles. The number of nitrogens with zero attached hydrogens (tertiary/aromatic N) is 4. The lowest BCUT2D eigenvalue weighted by atomic mass is 10.2. The van der Waals surface area contributed by atoms with Crippen molar-refractivity contribution in [3.63, 3.8) is 0 Å². The van der Waals surface area contributed by atoms with Gasteiger partial charge in [-0.05, 0) is 48.0 Å². The average Bonchev–Trinajstić information content (AvgIpc) is 2.88.